The summed E-state index contributed by atoms with van der Waals surface area (Å²) in [5, 5.41) is 9.81. The molecule has 1 amide bonds. The van der Waals surface area contributed by atoms with Crippen LogP contribution in [0.3, 0.4) is 0 Å². The van der Waals surface area contributed by atoms with Crippen molar-refractivity contribution in [2.45, 2.75) is 50.6 Å². The van der Waals surface area contributed by atoms with Crippen LogP contribution in [-0.2, 0) is 11.0 Å². The number of carbonyl (C=O) groups is 2. The fraction of sp³-hybridized carbons (Fsp3) is 0.440. The van der Waals surface area contributed by atoms with Gasteiger partial charge in [0.2, 0.25) is 0 Å². The predicted octanol–water partition coefficient (Wildman–Crippen LogP) is 5.65. The van der Waals surface area contributed by atoms with Crippen molar-refractivity contribution in [2.24, 2.45) is 0 Å². The molecule has 4 rings (SSSR count). The summed E-state index contributed by atoms with van der Waals surface area (Å²) in [5.41, 5.74) is 0.809. The highest BCUT2D eigenvalue weighted by molar-refractivity contribution is 6.04. The van der Waals surface area contributed by atoms with Crippen LogP contribution < -0.4 is 10.2 Å². The molecule has 2 unspecified atom stereocenters. The van der Waals surface area contributed by atoms with E-state index in [1.165, 1.54) is 31.5 Å². The van der Waals surface area contributed by atoms with Gasteiger partial charge in [0.25, 0.3) is 5.91 Å². The molecular formula is C25H27F6N3O3. The van der Waals surface area contributed by atoms with E-state index in [0.717, 1.165) is 37.3 Å². The molecule has 0 radical (unpaired) electrons. The smallest absolute Gasteiger partial charge is 0.475 e. The van der Waals surface area contributed by atoms with Crippen molar-refractivity contribution in [3.05, 3.63) is 59.7 Å². The van der Waals surface area contributed by atoms with Crippen molar-refractivity contribution in [3.63, 3.8) is 0 Å². The van der Waals surface area contributed by atoms with Crippen LogP contribution in [0.4, 0.5) is 37.7 Å². The summed E-state index contributed by atoms with van der Waals surface area (Å²) in [5.74, 6) is -3.31. The Hall–Kier alpha value is -3.28. The average molecular weight is 531 g/mol. The molecule has 0 spiro atoms. The van der Waals surface area contributed by atoms with E-state index in [0.29, 0.717) is 17.8 Å². The summed E-state index contributed by atoms with van der Waals surface area (Å²) in [6.07, 6.45) is -5.86. The first kappa shape index (κ1) is 28.3. The van der Waals surface area contributed by atoms with Gasteiger partial charge in [-0.1, -0.05) is 6.07 Å². The number of aliphatic carboxylic acids is 1. The highest BCUT2D eigenvalue weighted by atomic mass is 19.4. The number of halogens is 6. The highest BCUT2D eigenvalue weighted by Crippen LogP contribution is 2.31. The van der Waals surface area contributed by atoms with Gasteiger partial charge < -0.3 is 15.3 Å². The van der Waals surface area contributed by atoms with Crippen LogP contribution in [0.1, 0.15) is 42.1 Å². The fourth-order valence-electron chi connectivity index (χ4n) is 4.54. The molecule has 2 N–H and O–H groups in total. The second-order valence-corrected chi connectivity index (χ2v) is 9.00. The third-order valence-corrected chi connectivity index (χ3v) is 6.42. The SMILES string of the molecule is CC1CCCN1C1CCN(c2ccc(NC(=O)c3cccc(C(F)(F)F)c3)cc2)C1.O=C(O)C(F)(F)F. The summed E-state index contributed by atoms with van der Waals surface area (Å²) < 4.78 is 70.3. The van der Waals surface area contributed by atoms with Crippen molar-refractivity contribution in [3.8, 4) is 0 Å². The van der Waals surface area contributed by atoms with E-state index in [9.17, 15) is 31.1 Å². The molecule has 2 aromatic carbocycles. The van der Waals surface area contributed by atoms with Gasteiger partial charge in [-0.2, -0.15) is 26.3 Å². The monoisotopic (exact) mass is 531 g/mol. The standard InChI is InChI=1S/C23H26F3N3O.C2HF3O2/c1-16-4-3-12-29(16)21-11-13-28(15-21)20-9-7-19(8-10-20)27-22(30)17-5-2-6-18(14-17)23(24,25)26;3-2(4,5)1(6)7/h2,5-10,14,16,21H,3-4,11-13,15H2,1H3,(H,27,30);(H,6,7). The molecule has 2 heterocycles. The van der Waals surface area contributed by atoms with Crippen LogP contribution in [-0.4, -0.2) is 59.8 Å². The summed E-state index contributed by atoms with van der Waals surface area (Å²) in [7, 11) is 0. The number of anilines is 2. The van der Waals surface area contributed by atoms with Gasteiger partial charge in [0.15, 0.2) is 0 Å². The number of hydrogen-bond acceptors (Lipinski definition) is 4. The molecule has 0 saturated carbocycles. The van der Waals surface area contributed by atoms with Crippen LogP contribution >= 0.6 is 0 Å². The Morgan fingerprint density at radius 1 is 0.973 bits per heavy atom. The first-order valence-corrected chi connectivity index (χ1v) is 11.6. The third-order valence-electron chi connectivity index (χ3n) is 6.42. The normalized spacial score (nSPS) is 20.4. The number of nitrogens with one attached hydrogen (secondary N) is 1. The molecule has 2 fully saturated rings. The second kappa shape index (κ2) is 11.4. The minimum Gasteiger partial charge on any atom is -0.475 e. The molecule has 0 aliphatic carbocycles. The highest BCUT2D eigenvalue weighted by Gasteiger charge is 2.38. The summed E-state index contributed by atoms with van der Waals surface area (Å²) >= 11 is 0. The van der Waals surface area contributed by atoms with Gasteiger partial charge in [-0.3, -0.25) is 9.69 Å². The quantitative estimate of drug-likeness (QED) is 0.499. The van der Waals surface area contributed by atoms with Gasteiger partial charge in [0.05, 0.1) is 5.56 Å². The van der Waals surface area contributed by atoms with E-state index in [-0.39, 0.29) is 5.56 Å². The van der Waals surface area contributed by atoms with Crippen molar-refractivity contribution in [1.82, 2.24) is 4.90 Å². The maximum Gasteiger partial charge on any atom is 0.490 e. The van der Waals surface area contributed by atoms with E-state index >= 15 is 0 Å². The number of rotatable bonds is 4. The Labute approximate surface area is 209 Å². The maximum absolute atomic E-state index is 12.9. The van der Waals surface area contributed by atoms with E-state index in [2.05, 4.69) is 22.0 Å². The molecule has 2 aliphatic rings. The van der Waals surface area contributed by atoms with E-state index in [4.69, 9.17) is 9.90 Å². The molecule has 202 valence electrons. The van der Waals surface area contributed by atoms with Crippen LogP contribution in [0.5, 0.6) is 0 Å². The first-order valence-electron chi connectivity index (χ1n) is 11.6. The number of alkyl halides is 6. The maximum atomic E-state index is 12.9. The Morgan fingerprint density at radius 2 is 1.62 bits per heavy atom. The minimum absolute atomic E-state index is 0.0176. The number of benzene rings is 2. The number of carbonyl (C=O) groups excluding carboxylic acids is 1. The number of carboxylic acids is 1. The van der Waals surface area contributed by atoms with Crippen LogP contribution in [0.25, 0.3) is 0 Å². The van der Waals surface area contributed by atoms with Crippen molar-refractivity contribution in [2.75, 3.05) is 29.9 Å². The lowest BCUT2D eigenvalue weighted by Gasteiger charge is -2.28. The fourth-order valence-corrected chi connectivity index (χ4v) is 4.54. The predicted molar refractivity (Wildman–Crippen MR) is 126 cm³/mol. The zero-order valence-corrected chi connectivity index (χ0v) is 19.9. The largest absolute Gasteiger partial charge is 0.490 e. The number of nitrogens with zero attached hydrogens (tertiary/aromatic N) is 2. The van der Waals surface area contributed by atoms with E-state index in [1.807, 2.05) is 12.1 Å². The lowest BCUT2D eigenvalue weighted by Crippen LogP contribution is -2.39. The lowest BCUT2D eigenvalue weighted by molar-refractivity contribution is -0.192. The van der Waals surface area contributed by atoms with Gasteiger partial charge in [-0.15, -0.1) is 0 Å². The topological polar surface area (TPSA) is 72.9 Å². The number of carboxylic acid groups (broad SMARTS) is 1. The van der Waals surface area contributed by atoms with Gasteiger partial charge in [0.1, 0.15) is 0 Å². The minimum atomic E-state index is -5.08. The van der Waals surface area contributed by atoms with Gasteiger partial charge in [0, 0.05) is 42.1 Å². The molecule has 2 atom stereocenters. The van der Waals surface area contributed by atoms with Crippen molar-refractivity contribution >= 4 is 23.3 Å². The molecule has 2 aliphatic heterocycles. The molecule has 37 heavy (non-hydrogen) atoms. The van der Waals surface area contributed by atoms with Crippen molar-refractivity contribution < 1.29 is 41.0 Å². The second-order valence-electron chi connectivity index (χ2n) is 9.00. The van der Waals surface area contributed by atoms with Crippen molar-refractivity contribution in [1.29, 1.82) is 0 Å². The molecular weight excluding hydrogens is 504 g/mol. The summed E-state index contributed by atoms with van der Waals surface area (Å²) in [6, 6.07) is 13.2. The average Bonchev–Trinajstić information content (AvgIpc) is 3.48. The van der Waals surface area contributed by atoms with Crippen LogP contribution in [0.2, 0.25) is 0 Å². The molecule has 0 aromatic heterocycles. The molecule has 6 nitrogen and oxygen atoms in total. The van der Waals surface area contributed by atoms with Gasteiger partial charge in [-0.05, 0) is 75.2 Å². The van der Waals surface area contributed by atoms with E-state index in [1.54, 1.807) is 12.1 Å². The zero-order valence-electron chi connectivity index (χ0n) is 19.9. The third kappa shape index (κ3) is 7.61. The van der Waals surface area contributed by atoms with Gasteiger partial charge in [-0.25, -0.2) is 4.79 Å². The van der Waals surface area contributed by atoms with Crippen LogP contribution in [0.15, 0.2) is 48.5 Å². The molecule has 2 saturated heterocycles. The van der Waals surface area contributed by atoms with Crippen LogP contribution in [0, 0.1) is 0 Å². The summed E-state index contributed by atoms with van der Waals surface area (Å²) in [4.78, 5) is 26.2. The Morgan fingerprint density at radius 3 is 2.16 bits per heavy atom. The Kier molecular flexibility index (Phi) is 8.72. The Balaban J connectivity index is 0.000000479. The molecule has 2 aromatic rings. The zero-order chi connectivity index (χ0) is 27.4. The Bertz CT molecular complexity index is 1090. The number of hydrogen-bond donors (Lipinski definition) is 2. The first-order chi connectivity index (χ1) is 17.3. The van der Waals surface area contributed by atoms with E-state index < -0.39 is 29.8 Å². The summed E-state index contributed by atoms with van der Waals surface area (Å²) in [6.45, 7) is 5.49. The molecule has 0 bridgehead atoms. The van der Waals surface area contributed by atoms with Gasteiger partial charge >= 0.3 is 18.3 Å². The molecule has 12 heteroatoms. The number of likely N-dealkylation sites (tertiary alicyclic amines) is 1. The lowest BCUT2D eigenvalue weighted by atomic mass is 10.1. The number of amides is 1.